The van der Waals surface area contributed by atoms with Crippen molar-refractivity contribution in [2.45, 2.75) is 26.4 Å². The van der Waals surface area contributed by atoms with E-state index in [1.54, 1.807) is 12.3 Å². The summed E-state index contributed by atoms with van der Waals surface area (Å²) >= 11 is 3.42. The minimum atomic E-state index is 0.643. The number of hydrogen-bond acceptors (Lipinski definition) is 3. The van der Waals surface area contributed by atoms with E-state index < -0.39 is 0 Å². The highest BCUT2D eigenvalue weighted by Crippen LogP contribution is 2.21. The number of aromatic nitrogens is 2. The number of benzene rings is 1. The molecule has 0 aliphatic heterocycles. The Hall–Kier alpha value is -1.80. The highest BCUT2D eigenvalue weighted by Gasteiger charge is 2.05. The topological polar surface area (TPSA) is 53.6 Å². The lowest BCUT2D eigenvalue weighted by Crippen LogP contribution is -2.09. The summed E-state index contributed by atoms with van der Waals surface area (Å²) < 4.78 is 2.94. The Kier molecular flexibility index (Phi) is 4.58. The fourth-order valence-electron chi connectivity index (χ4n) is 1.87. The van der Waals surface area contributed by atoms with Crippen molar-refractivity contribution >= 4 is 21.6 Å². The molecule has 1 aromatic carbocycles. The van der Waals surface area contributed by atoms with Gasteiger partial charge in [0.25, 0.3) is 0 Å². The second kappa shape index (κ2) is 6.39. The molecule has 2 rings (SSSR count). The van der Waals surface area contributed by atoms with Gasteiger partial charge in [-0.25, -0.2) is 0 Å². The van der Waals surface area contributed by atoms with Gasteiger partial charge in [-0.15, -0.1) is 0 Å². The molecule has 2 aromatic rings. The Morgan fingerprint density at radius 1 is 1.42 bits per heavy atom. The molecule has 1 aromatic heterocycles. The lowest BCUT2D eigenvalue weighted by Gasteiger charge is -2.10. The Balaban J connectivity index is 2.12. The van der Waals surface area contributed by atoms with Gasteiger partial charge in [0.15, 0.2) is 0 Å². The molecule has 98 valence electrons. The normalized spacial score (nSPS) is 10.2. The van der Waals surface area contributed by atoms with E-state index in [1.165, 1.54) is 0 Å². The van der Waals surface area contributed by atoms with Gasteiger partial charge in [0.05, 0.1) is 23.5 Å². The number of hydrogen-bond donors (Lipinski definition) is 1. The molecule has 0 aliphatic rings. The predicted octanol–water partition coefficient (Wildman–Crippen LogP) is 3.54. The van der Waals surface area contributed by atoms with E-state index in [-0.39, 0.29) is 0 Å². The summed E-state index contributed by atoms with van der Waals surface area (Å²) in [6.07, 6.45) is 2.85. The molecule has 0 radical (unpaired) electrons. The van der Waals surface area contributed by atoms with Crippen molar-refractivity contribution in [3.63, 3.8) is 0 Å². The van der Waals surface area contributed by atoms with Crippen LogP contribution in [0.2, 0.25) is 0 Å². The van der Waals surface area contributed by atoms with Crippen molar-refractivity contribution in [2.75, 3.05) is 5.32 Å². The third kappa shape index (κ3) is 3.36. The minimum Gasteiger partial charge on any atom is -0.378 e. The molecule has 0 spiro atoms. The molecule has 0 saturated carbocycles. The molecular formula is C14H15BrN4. The van der Waals surface area contributed by atoms with Crippen LogP contribution in [0.3, 0.4) is 0 Å². The number of nitriles is 1. The zero-order valence-electron chi connectivity index (χ0n) is 10.7. The van der Waals surface area contributed by atoms with Crippen LogP contribution < -0.4 is 5.32 Å². The number of aryl methyl sites for hydroxylation is 1. The first-order chi connectivity index (χ1) is 9.24. The summed E-state index contributed by atoms with van der Waals surface area (Å²) in [7, 11) is 0. The van der Waals surface area contributed by atoms with E-state index in [0.29, 0.717) is 12.1 Å². The van der Waals surface area contributed by atoms with Crippen LogP contribution in [0.25, 0.3) is 0 Å². The summed E-state index contributed by atoms with van der Waals surface area (Å²) in [5.74, 6) is 0. The molecule has 1 heterocycles. The third-order valence-electron chi connectivity index (χ3n) is 2.80. The highest BCUT2D eigenvalue weighted by atomic mass is 79.9. The maximum Gasteiger partial charge on any atom is 0.101 e. The van der Waals surface area contributed by atoms with Gasteiger partial charge in [0.1, 0.15) is 6.07 Å². The SMILES string of the molecule is CCCn1nccc1CNc1cc(Br)ccc1C#N. The zero-order valence-corrected chi connectivity index (χ0v) is 12.3. The zero-order chi connectivity index (χ0) is 13.7. The monoisotopic (exact) mass is 318 g/mol. The molecule has 0 aliphatic carbocycles. The lowest BCUT2D eigenvalue weighted by molar-refractivity contribution is 0.578. The van der Waals surface area contributed by atoms with Crippen molar-refractivity contribution in [3.8, 4) is 6.07 Å². The van der Waals surface area contributed by atoms with Crippen LogP contribution >= 0.6 is 15.9 Å². The first-order valence-electron chi connectivity index (χ1n) is 6.18. The molecule has 1 N–H and O–H groups in total. The van der Waals surface area contributed by atoms with E-state index in [1.807, 2.05) is 22.9 Å². The third-order valence-corrected chi connectivity index (χ3v) is 3.30. The van der Waals surface area contributed by atoms with Gasteiger partial charge in [0, 0.05) is 17.2 Å². The molecule has 0 amide bonds. The van der Waals surface area contributed by atoms with Crippen LogP contribution in [0.4, 0.5) is 5.69 Å². The number of rotatable bonds is 5. The molecule has 0 saturated heterocycles. The van der Waals surface area contributed by atoms with Gasteiger partial charge < -0.3 is 5.32 Å². The predicted molar refractivity (Wildman–Crippen MR) is 78.7 cm³/mol. The fraction of sp³-hybridized carbons (Fsp3) is 0.286. The quantitative estimate of drug-likeness (QED) is 0.917. The van der Waals surface area contributed by atoms with Crippen LogP contribution in [0.5, 0.6) is 0 Å². The Bertz CT molecular complexity index is 598. The van der Waals surface area contributed by atoms with Gasteiger partial charge in [-0.1, -0.05) is 22.9 Å². The first-order valence-corrected chi connectivity index (χ1v) is 6.98. The lowest BCUT2D eigenvalue weighted by atomic mass is 10.2. The van der Waals surface area contributed by atoms with Crippen LogP contribution in [-0.2, 0) is 13.1 Å². The molecule has 0 bridgehead atoms. The van der Waals surface area contributed by atoms with Gasteiger partial charge in [-0.05, 0) is 30.7 Å². The number of nitrogens with one attached hydrogen (secondary N) is 1. The average molecular weight is 319 g/mol. The van der Waals surface area contributed by atoms with E-state index >= 15 is 0 Å². The van der Waals surface area contributed by atoms with Gasteiger partial charge in [-0.3, -0.25) is 4.68 Å². The smallest absolute Gasteiger partial charge is 0.101 e. The summed E-state index contributed by atoms with van der Waals surface area (Å²) in [5, 5.41) is 16.7. The summed E-state index contributed by atoms with van der Waals surface area (Å²) in [4.78, 5) is 0. The minimum absolute atomic E-state index is 0.643. The average Bonchev–Trinajstić information content (AvgIpc) is 2.84. The van der Waals surface area contributed by atoms with Crippen LogP contribution in [-0.4, -0.2) is 9.78 Å². The molecule has 0 atom stereocenters. The van der Waals surface area contributed by atoms with Crippen LogP contribution in [0.15, 0.2) is 34.9 Å². The first kappa shape index (κ1) is 13.6. The molecule has 5 heteroatoms. The molecule has 19 heavy (non-hydrogen) atoms. The number of halogens is 1. The Morgan fingerprint density at radius 2 is 2.26 bits per heavy atom. The summed E-state index contributed by atoms with van der Waals surface area (Å²) in [6.45, 7) is 3.69. The van der Waals surface area contributed by atoms with Crippen molar-refractivity contribution in [1.29, 1.82) is 5.26 Å². The Morgan fingerprint density at radius 3 is 3.00 bits per heavy atom. The van der Waals surface area contributed by atoms with Crippen molar-refractivity contribution in [1.82, 2.24) is 9.78 Å². The van der Waals surface area contributed by atoms with E-state index in [2.05, 4.69) is 39.3 Å². The standard InChI is InChI=1S/C14H15BrN4/c1-2-7-19-13(5-6-18-19)10-17-14-8-12(15)4-3-11(14)9-16/h3-6,8,17H,2,7,10H2,1H3. The molecule has 4 nitrogen and oxygen atoms in total. The molecule has 0 fully saturated rings. The second-order valence-electron chi connectivity index (χ2n) is 4.20. The maximum absolute atomic E-state index is 9.08. The van der Waals surface area contributed by atoms with Crippen molar-refractivity contribution in [2.24, 2.45) is 0 Å². The Labute approximate surface area is 121 Å². The van der Waals surface area contributed by atoms with Crippen molar-refractivity contribution in [3.05, 3.63) is 46.2 Å². The van der Waals surface area contributed by atoms with Gasteiger partial charge in [-0.2, -0.15) is 10.4 Å². The van der Waals surface area contributed by atoms with E-state index in [9.17, 15) is 0 Å². The molecule has 0 unspecified atom stereocenters. The van der Waals surface area contributed by atoms with Crippen LogP contribution in [0.1, 0.15) is 24.6 Å². The van der Waals surface area contributed by atoms with E-state index in [4.69, 9.17) is 5.26 Å². The van der Waals surface area contributed by atoms with Crippen molar-refractivity contribution < 1.29 is 0 Å². The second-order valence-corrected chi connectivity index (χ2v) is 5.12. The summed E-state index contributed by atoms with van der Waals surface area (Å²) in [6, 6.07) is 9.76. The van der Waals surface area contributed by atoms with Gasteiger partial charge in [0.2, 0.25) is 0 Å². The van der Waals surface area contributed by atoms with E-state index in [0.717, 1.165) is 28.8 Å². The number of nitrogens with zero attached hydrogens (tertiary/aromatic N) is 3. The largest absolute Gasteiger partial charge is 0.378 e. The highest BCUT2D eigenvalue weighted by molar-refractivity contribution is 9.10. The summed E-state index contributed by atoms with van der Waals surface area (Å²) in [5.41, 5.74) is 2.59. The fourth-order valence-corrected chi connectivity index (χ4v) is 2.23. The van der Waals surface area contributed by atoms with Gasteiger partial charge >= 0.3 is 0 Å². The maximum atomic E-state index is 9.08. The molecular weight excluding hydrogens is 304 g/mol. The van der Waals surface area contributed by atoms with Crippen LogP contribution in [0, 0.1) is 11.3 Å². The number of anilines is 1.